The predicted molar refractivity (Wildman–Crippen MR) is 114 cm³/mol. The number of nitrogens with zero attached hydrogens (tertiary/aromatic N) is 2. The zero-order valence-electron chi connectivity index (χ0n) is 17.6. The molecular weight excluding hydrogens is 380 g/mol. The molecule has 0 N–H and O–H groups in total. The van der Waals surface area contributed by atoms with E-state index in [1.165, 1.54) is 0 Å². The van der Waals surface area contributed by atoms with Gasteiger partial charge < -0.3 is 19.1 Å². The van der Waals surface area contributed by atoms with E-state index >= 15 is 0 Å². The summed E-state index contributed by atoms with van der Waals surface area (Å²) in [7, 11) is 3.26. The molecule has 0 spiro atoms. The molecule has 30 heavy (non-hydrogen) atoms. The molecule has 1 fully saturated rings. The maximum Gasteiger partial charge on any atom is 0.260 e. The SMILES string of the molecule is COc1ccc(CCC2CCCCN2C(=O)COc2ccccc2C#N)cc1OC. The smallest absolute Gasteiger partial charge is 0.260 e. The average molecular weight is 408 g/mol. The number of para-hydroxylation sites is 1. The maximum absolute atomic E-state index is 12.9. The molecule has 1 unspecified atom stereocenters. The Labute approximate surface area is 178 Å². The van der Waals surface area contributed by atoms with Crippen molar-refractivity contribution in [2.75, 3.05) is 27.4 Å². The van der Waals surface area contributed by atoms with E-state index in [2.05, 4.69) is 6.07 Å². The molecule has 1 atom stereocenters. The molecule has 2 aromatic rings. The summed E-state index contributed by atoms with van der Waals surface area (Å²) in [5, 5.41) is 9.18. The zero-order chi connectivity index (χ0) is 21.3. The van der Waals surface area contributed by atoms with Crippen LogP contribution < -0.4 is 14.2 Å². The van der Waals surface area contributed by atoms with Crippen molar-refractivity contribution in [3.8, 4) is 23.3 Å². The Balaban J connectivity index is 1.60. The van der Waals surface area contributed by atoms with Crippen molar-refractivity contribution < 1.29 is 19.0 Å². The van der Waals surface area contributed by atoms with E-state index < -0.39 is 0 Å². The number of benzene rings is 2. The van der Waals surface area contributed by atoms with Crippen molar-refractivity contribution in [3.63, 3.8) is 0 Å². The molecule has 0 bridgehead atoms. The van der Waals surface area contributed by atoms with Crippen molar-refractivity contribution >= 4 is 5.91 Å². The molecule has 1 heterocycles. The number of nitriles is 1. The summed E-state index contributed by atoms with van der Waals surface area (Å²) in [4.78, 5) is 14.8. The van der Waals surface area contributed by atoms with Crippen LogP contribution in [0.15, 0.2) is 42.5 Å². The van der Waals surface area contributed by atoms with Crippen molar-refractivity contribution in [1.82, 2.24) is 4.90 Å². The lowest BCUT2D eigenvalue weighted by atomic mass is 9.95. The summed E-state index contributed by atoms with van der Waals surface area (Å²) in [5.74, 6) is 1.86. The lowest BCUT2D eigenvalue weighted by Gasteiger charge is -2.36. The monoisotopic (exact) mass is 408 g/mol. The first-order valence-electron chi connectivity index (χ1n) is 10.3. The summed E-state index contributed by atoms with van der Waals surface area (Å²) in [5.41, 5.74) is 1.60. The second-order valence-electron chi connectivity index (χ2n) is 7.36. The fourth-order valence-electron chi connectivity index (χ4n) is 3.91. The van der Waals surface area contributed by atoms with Gasteiger partial charge in [-0.3, -0.25) is 4.79 Å². The van der Waals surface area contributed by atoms with E-state index in [1.54, 1.807) is 38.5 Å². The van der Waals surface area contributed by atoms with Crippen LogP contribution in [0.5, 0.6) is 17.2 Å². The standard InChI is InChI=1S/C24H28N2O4/c1-28-22-13-11-18(15-23(22)29-2)10-12-20-8-5-6-14-26(20)24(27)17-30-21-9-4-3-7-19(21)16-25/h3-4,7,9,11,13,15,20H,5-6,8,10,12,14,17H2,1-2H3. The molecule has 1 aliphatic rings. The number of carbonyl (C=O) groups excluding carboxylic acids is 1. The van der Waals surface area contributed by atoms with E-state index in [4.69, 9.17) is 14.2 Å². The van der Waals surface area contributed by atoms with Gasteiger partial charge >= 0.3 is 0 Å². The molecule has 1 aliphatic heterocycles. The number of carbonyl (C=O) groups is 1. The van der Waals surface area contributed by atoms with E-state index in [-0.39, 0.29) is 18.6 Å². The Morgan fingerprint density at radius 1 is 1.10 bits per heavy atom. The number of amides is 1. The topological polar surface area (TPSA) is 71.8 Å². The van der Waals surface area contributed by atoms with Gasteiger partial charge in [0.15, 0.2) is 18.1 Å². The second kappa shape index (κ2) is 10.5. The van der Waals surface area contributed by atoms with Gasteiger partial charge in [-0.1, -0.05) is 18.2 Å². The van der Waals surface area contributed by atoms with E-state index in [9.17, 15) is 10.1 Å². The van der Waals surface area contributed by atoms with Crippen molar-refractivity contribution in [1.29, 1.82) is 5.26 Å². The lowest BCUT2D eigenvalue weighted by Crippen LogP contribution is -2.46. The fraction of sp³-hybridized carbons (Fsp3) is 0.417. The first-order valence-corrected chi connectivity index (χ1v) is 10.3. The van der Waals surface area contributed by atoms with Crippen LogP contribution in [0, 0.1) is 11.3 Å². The zero-order valence-corrected chi connectivity index (χ0v) is 17.6. The lowest BCUT2D eigenvalue weighted by molar-refractivity contribution is -0.137. The summed E-state index contributed by atoms with van der Waals surface area (Å²) in [6.45, 7) is 0.699. The first kappa shape index (κ1) is 21.5. The van der Waals surface area contributed by atoms with Gasteiger partial charge in [0.25, 0.3) is 5.91 Å². The molecule has 0 aromatic heterocycles. The van der Waals surface area contributed by atoms with E-state index in [1.807, 2.05) is 23.1 Å². The van der Waals surface area contributed by atoms with Crippen molar-refractivity contribution in [3.05, 3.63) is 53.6 Å². The number of piperidine rings is 1. The average Bonchev–Trinajstić information content (AvgIpc) is 2.81. The molecule has 0 aliphatic carbocycles. The third kappa shape index (κ3) is 5.24. The van der Waals surface area contributed by atoms with Crippen LogP contribution in [0.25, 0.3) is 0 Å². The van der Waals surface area contributed by atoms with Crippen LogP contribution in [0.4, 0.5) is 0 Å². The largest absolute Gasteiger partial charge is 0.493 e. The normalized spacial score (nSPS) is 15.9. The molecule has 1 saturated heterocycles. The quantitative estimate of drug-likeness (QED) is 0.661. The van der Waals surface area contributed by atoms with Gasteiger partial charge in [0.2, 0.25) is 0 Å². The summed E-state index contributed by atoms with van der Waals surface area (Å²) >= 11 is 0. The van der Waals surface area contributed by atoms with Gasteiger partial charge in [-0.25, -0.2) is 0 Å². The third-order valence-corrected chi connectivity index (χ3v) is 5.52. The van der Waals surface area contributed by atoms with Crippen LogP contribution in [-0.4, -0.2) is 44.2 Å². The molecule has 3 rings (SSSR count). The fourth-order valence-corrected chi connectivity index (χ4v) is 3.91. The summed E-state index contributed by atoms with van der Waals surface area (Å²) in [6.07, 6.45) is 4.86. The van der Waals surface area contributed by atoms with Crippen LogP contribution in [-0.2, 0) is 11.2 Å². The highest BCUT2D eigenvalue weighted by Gasteiger charge is 2.27. The highest BCUT2D eigenvalue weighted by atomic mass is 16.5. The van der Waals surface area contributed by atoms with Crippen molar-refractivity contribution in [2.45, 2.75) is 38.1 Å². The number of hydrogen-bond donors (Lipinski definition) is 0. The minimum Gasteiger partial charge on any atom is -0.493 e. The first-order chi connectivity index (χ1) is 14.7. The van der Waals surface area contributed by atoms with Crippen molar-refractivity contribution in [2.24, 2.45) is 0 Å². The second-order valence-corrected chi connectivity index (χ2v) is 7.36. The van der Waals surface area contributed by atoms with Gasteiger partial charge in [0.1, 0.15) is 11.8 Å². The summed E-state index contributed by atoms with van der Waals surface area (Å²) in [6, 6.07) is 15.2. The van der Waals surface area contributed by atoms with Gasteiger partial charge in [-0.15, -0.1) is 0 Å². The highest BCUT2D eigenvalue weighted by molar-refractivity contribution is 5.78. The molecular formula is C24H28N2O4. The molecule has 0 radical (unpaired) electrons. The van der Waals surface area contributed by atoms with Crippen LogP contribution >= 0.6 is 0 Å². The third-order valence-electron chi connectivity index (χ3n) is 5.52. The maximum atomic E-state index is 12.9. The Kier molecular flexibility index (Phi) is 7.56. The Bertz CT molecular complexity index is 906. The van der Waals surface area contributed by atoms with Gasteiger partial charge in [0.05, 0.1) is 19.8 Å². The van der Waals surface area contributed by atoms with Gasteiger partial charge in [-0.2, -0.15) is 5.26 Å². The molecule has 0 saturated carbocycles. The Morgan fingerprint density at radius 3 is 2.67 bits per heavy atom. The number of methoxy groups -OCH3 is 2. The Morgan fingerprint density at radius 2 is 1.90 bits per heavy atom. The van der Waals surface area contributed by atoms with Crippen LogP contribution in [0.2, 0.25) is 0 Å². The molecule has 158 valence electrons. The van der Waals surface area contributed by atoms with Gasteiger partial charge in [-0.05, 0) is 61.9 Å². The molecule has 6 heteroatoms. The Hall–Kier alpha value is -3.20. The number of ether oxygens (including phenoxy) is 3. The number of rotatable bonds is 8. The molecule has 6 nitrogen and oxygen atoms in total. The van der Waals surface area contributed by atoms with Gasteiger partial charge in [0, 0.05) is 12.6 Å². The van der Waals surface area contributed by atoms with E-state index in [0.717, 1.165) is 50.0 Å². The molecule has 1 amide bonds. The van der Waals surface area contributed by atoms with Crippen LogP contribution in [0.3, 0.4) is 0 Å². The summed E-state index contributed by atoms with van der Waals surface area (Å²) < 4.78 is 16.4. The number of aryl methyl sites for hydroxylation is 1. The number of likely N-dealkylation sites (tertiary alicyclic amines) is 1. The minimum absolute atomic E-state index is 0.0280. The van der Waals surface area contributed by atoms with Crippen LogP contribution in [0.1, 0.15) is 36.8 Å². The molecule has 2 aromatic carbocycles. The van der Waals surface area contributed by atoms with E-state index in [0.29, 0.717) is 17.1 Å². The highest BCUT2D eigenvalue weighted by Crippen LogP contribution is 2.29. The predicted octanol–water partition coefficient (Wildman–Crippen LogP) is 3.97. The minimum atomic E-state index is -0.0500. The number of hydrogen-bond acceptors (Lipinski definition) is 5.